The second-order valence-electron chi connectivity index (χ2n) is 4.75. The number of quaternary nitrogens is 1. The Morgan fingerprint density at radius 3 is 2.33 bits per heavy atom. The highest BCUT2D eigenvalue weighted by atomic mass is 32.2. The van der Waals surface area contributed by atoms with Crippen LogP contribution in [0.2, 0.25) is 0 Å². The summed E-state index contributed by atoms with van der Waals surface area (Å²) in [5, 5.41) is 9.30. The molecule has 0 aromatic rings. The molecule has 0 aromatic heterocycles. The lowest BCUT2D eigenvalue weighted by molar-refractivity contribution is -0.937. The molecule has 0 aliphatic heterocycles. The molecule has 7 nitrogen and oxygen atoms in total. The topological polar surface area (TPSA) is 107 Å². The van der Waals surface area contributed by atoms with Crippen molar-refractivity contribution in [1.82, 2.24) is 0 Å². The van der Waals surface area contributed by atoms with Crippen molar-refractivity contribution in [2.24, 2.45) is 5.90 Å². The van der Waals surface area contributed by atoms with Gasteiger partial charge in [0.25, 0.3) is 0 Å². The number of nitrogens with two attached hydrogens (primary N) is 1. The van der Waals surface area contributed by atoms with Gasteiger partial charge in [0, 0.05) is 13.3 Å². The van der Waals surface area contributed by atoms with Crippen LogP contribution in [0.1, 0.15) is 20.3 Å². The Hall–Kier alpha value is -0.960. The number of carboxylic acid groups (broad SMARTS) is 1. The molecule has 0 amide bonds. The summed E-state index contributed by atoms with van der Waals surface area (Å²) in [6, 6.07) is -0.298. The van der Waals surface area contributed by atoms with Gasteiger partial charge in [-0.05, 0) is 6.92 Å². The molecule has 3 N–H and O–H groups in total. The van der Waals surface area contributed by atoms with Crippen molar-refractivity contribution in [3.05, 3.63) is 12.7 Å². The average molecular weight is 281 g/mol. The van der Waals surface area contributed by atoms with E-state index in [2.05, 4.69) is 10.9 Å². The lowest BCUT2D eigenvalue weighted by Gasteiger charge is -2.45. The normalized spacial score (nSPS) is 17.8. The first-order valence-corrected chi connectivity index (χ1v) is 6.70. The van der Waals surface area contributed by atoms with Crippen molar-refractivity contribution < 1.29 is 27.1 Å². The van der Waals surface area contributed by atoms with Crippen LogP contribution in [0, 0.1) is 0 Å². The van der Waals surface area contributed by atoms with Crippen LogP contribution in [0.5, 0.6) is 0 Å². The van der Waals surface area contributed by atoms with Gasteiger partial charge in [-0.3, -0.25) is 4.48 Å². The highest BCUT2D eigenvalue weighted by Crippen LogP contribution is 2.32. The fourth-order valence-corrected chi connectivity index (χ4v) is 2.82. The van der Waals surface area contributed by atoms with Crippen molar-refractivity contribution in [3.8, 4) is 0 Å². The maximum absolute atomic E-state index is 11.8. The Kier molecular flexibility index (Phi) is 5.07. The summed E-state index contributed by atoms with van der Waals surface area (Å²) < 4.78 is 27.3. The van der Waals surface area contributed by atoms with Crippen molar-refractivity contribution >= 4 is 16.1 Å². The molecule has 0 aliphatic carbocycles. The third-order valence-electron chi connectivity index (χ3n) is 3.72. The van der Waals surface area contributed by atoms with Gasteiger partial charge in [0.2, 0.25) is 0 Å². The van der Waals surface area contributed by atoms with Crippen molar-refractivity contribution in [2.45, 2.75) is 31.2 Å². The molecule has 0 aliphatic rings. The maximum Gasteiger partial charge on any atom is 0.384 e. The minimum absolute atomic E-state index is 0.298. The summed E-state index contributed by atoms with van der Waals surface area (Å²) >= 11 is 0. The molecule has 0 spiro atoms. The van der Waals surface area contributed by atoms with Gasteiger partial charge in [-0.2, -0.15) is 18.6 Å². The summed E-state index contributed by atoms with van der Waals surface area (Å²) in [5.41, 5.74) is 0. The Labute approximate surface area is 108 Å². The third-order valence-corrected chi connectivity index (χ3v) is 5.59. The second-order valence-corrected chi connectivity index (χ2v) is 6.65. The van der Waals surface area contributed by atoms with E-state index in [-0.39, 0.29) is 10.5 Å². The molecule has 8 heteroatoms. The van der Waals surface area contributed by atoms with E-state index in [0.717, 1.165) is 6.92 Å². The molecule has 0 rings (SSSR count). The first-order valence-electron chi connectivity index (χ1n) is 5.30. The lowest BCUT2D eigenvalue weighted by Crippen LogP contribution is -2.69. The van der Waals surface area contributed by atoms with Crippen LogP contribution < -0.4 is 5.90 Å². The standard InChI is InChI=1S/C10H20N2O5S/c1-6-7-8(2)12(4,5)10(3,9(13)14)18(15,16)17-11/h6,8H,1,7,11H2,2-5H3/p+1. The molecule has 0 radical (unpaired) electrons. The van der Waals surface area contributed by atoms with Gasteiger partial charge in [0.1, 0.15) is 0 Å². The lowest BCUT2D eigenvalue weighted by atomic mass is 10.1. The Balaban J connectivity index is 5.92. The number of carbonyl (C=O) groups is 1. The highest BCUT2D eigenvalue weighted by molar-refractivity contribution is 7.88. The molecule has 0 saturated heterocycles. The number of nitrogens with zero attached hydrogens (tertiary/aromatic N) is 1. The van der Waals surface area contributed by atoms with Crippen LogP contribution in [-0.4, -0.2) is 49.0 Å². The minimum atomic E-state index is -4.46. The van der Waals surface area contributed by atoms with Crippen LogP contribution in [-0.2, 0) is 19.2 Å². The van der Waals surface area contributed by atoms with Gasteiger partial charge in [-0.25, -0.2) is 4.79 Å². The van der Waals surface area contributed by atoms with Crippen molar-refractivity contribution in [2.75, 3.05) is 14.1 Å². The Bertz CT molecular complexity index is 432. The monoisotopic (exact) mass is 281 g/mol. The zero-order chi connectivity index (χ0) is 14.8. The van der Waals surface area contributed by atoms with Crippen LogP contribution in [0.15, 0.2) is 12.7 Å². The highest BCUT2D eigenvalue weighted by Gasteiger charge is 2.62. The maximum atomic E-state index is 11.8. The summed E-state index contributed by atoms with van der Waals surface area (Å²) in [6.45, 7) is 6.37. The summed E-state index contributed by atoms with van der Waals surface area (Å²) in [7, 11) is -1.47. The van der Waals surface area contributed by atoms with Gasteiger partial charge in [0.05, 0.1) is 20.1 Å². The van der Waals surface area contributed by atoms with E-state index in [1.165, 1.54) is 14.1 Å². The number of hydrogen-bond acceptors (Lipinski definition) is 5. The largest absolute Gasteiger partial charge is 0.476 e. The van der Waals surface area contributed by atoms with E-state index in [1.54, 1.807) is 13.0 Å². The molecular formula is C10H21N2O5S+. The zero-order valence-electron chi connectivity index (χ0n) is 11.1. The number of rotatable bonds is 7. The van der Waals surface area contributed by atoms with E-state index >= 15 is 0 Å². The number of aliphatic carboxylic acids is 1. The average Bonchev–Trinajstić information content (AvgIpc) is 2.27. The fraction of sp³-hybridized carbons (Fsp3) is 0.700. The van der Waals surface area contributed by atoms with E-state index < -0.39 is 21.0 Å². The van der Waals surface area contributed by atoms with Gasteiger partial charge < -0.3 is 5.11 Å². The number of hydrogen-bond donors (Lipinski definition) is 2. The Morgan fingerprint density at radius 1 is 1.61 bits per heavy atom. The summed E-state index contributed by atoms with van der Waals surface area (Å²) in [6.07, 6.45) is 2.05. The summed E-state index contributed by atoms with van der Waals surface area (Å²) in [4.78, 5) is 9.22. The first-order chi connectivity index (χ1) is 7.99. The van der Waals surface area contributed by atoms with Gasteiger partial charge in [-0.15, -0.1) is 6.58 Å². The van der Waals surface area contributed by atoms with Gasteiger partial charge >= 0.3 is 21.0 Å². The minimum Gasteiger partial charge on any atom is -0.476 e. The SMILES string of the molecule is C=CCC(C)[N+](C)(C)C(C)(C(=O)O)S(=O)(=O)ON. The van der Waals surface area contributed by atoms with Crippen molar-refractivity contribution in [3.63, 3.8) is 0 Å². The van der Waals surface area contributed by atoms with Crippen LogP contribution in [0.3, 0.4) is 0 Å². The van der Waals surface area contributed by atoms with Crippen molar-refractivity contribution in [1.29, 1.82) is 0 Å². The predicted molar refractivity (Wildman–Crippen MR) is 66.6 cm³/mol. The van der Waals surface area contributed by atoms with Crippen LogP contribution >= 0.6 is 0 Å². The quantitative estimate of drug-likeness (QED) is 0.388. The summed E-state index contributed by atoms with van der Waals surface area (Å²) in [5.74, 6) is 3.20. The predicted octanol–water partition coefficient (Wildman–Crippen LogP) is 0.0483. The fourth-order valence-electron chi connectivity index (χ4n) is 1.66. The van der Waals surface area contributed by atoms with E-state index in [4.69, 9.17) is 5.90 Å². The molecule has 2 unspecified atom stereocenters. The van der Waals surface area contributed by atoms with E-state index in [0.29, 0.717) is 6.42 Å². The van der Waals surface area contributed by atoms with Gasteiger partial charge in [0.15, 0.2) is 0 Å². The molecule has 0 aromatic carbocycles. The van der Waals surface area contributed by atoms with Gasteiger partial charge in [-0.1, -0.05) is 6.08 Å². The van der Waals surface area contributed by atoms with E-state index in [9.17, 15) is 18.3 Å². The van der Waals surface area contributed by atoms with E-state index in [1.807, 2.05) is 0 Å². The first kappa shape index (κ1) is 17.0. The molecule has 0 fully saturated rings. The molecule has 0 heterocycles. The molecule has 106 valence electrons. The molecule has 2 atom stereocenters. The molecule has 0 saturated carbocycles. The number of carboxylic acids is 1. The zero-order valence-corrected chi connectivity index (χ0v) is 11.9. The smallest absolute Gasteiger partial charge is 0.384 e. The second kappa shape index (κ2) is 5.35. The Morgan fingerprint density at radius 2 is 2.06 bits per heavy atom. The van der Waals surface area contributed by atoms with Crippen LogP contribution in [0.4, 0.5) is 0 Å². The molecular weight excluding hydrogens is 260 g/mol. The third kappa shape index (κ3) is 2.41. The molecule has 0 bridgehead atoms. The van der Waals surface area contributed by atoms with Crippen LogP contribution in [0.25, 0.3) is 0 Å². The molecule has 18 heavy (non-hydrogen) atoms. The number of likely N-dealkylation sites (N-methyl/N-ethyl adjacent to an activating group) is 1.